The second kappa shape index (κ2) is 5.06. The maximum Gasteiger partial charge on any atom is 0.230 e. The van der Waals surface area contributed by atoms with Crippen LogP contribution in [0.25, 0.3) is 0 Å². The monoisotopic (exact) mass is 261 g/mol. The molecule has 0 aliphatic rings. The molecule has 0 bridgehead atoms. The van der Waals surface area contributed by atoms with Crippen LogP contribution < -0.4 is 4.90 Å². The summed E-state index contributed by atoms with van der Waals surface area (Å²) in [5.41, 5.74) is 4.58. The van der Waals surface area contributed by atoms with Crippen molar-refractivity contribution in [2.24, 2.45) is 0 Å². The number of rotatable bonds is 3. The molecule has 0 aliphatic carbocycles. The van der Waals surface area contributed by atoms with Crippen molar-refractivity contribution in [3.8, 4) is 0 Å². The van der Waals surface area contributed by atoms with Crippen molar-refractivity contribution in [2.75, 3.05) is 11.4 Å². The van der Waals surface area contributed by atoms with Crippen molar-refractivity contribution in [1.29, 1.82) is 0 Å². The lowest BCUT2D eigenvalue weighted by atomic mass is 10.2. The molecule has 96 valence electrons. The molecular formula is C14H19N3S. The first kappa shape index (κ1) is 13.0. The van der Waals surface area contributed by atoms with Crippen molar-refractivity contribution in [1.82, 2.24) is 9.97 Å². The Balaban J connectivity index is 2.52. The van der Waals surface area contributed by atoms with Crippen LogP contribution in [0.2, 0.25) is 0 Å². The summed E-state index contributed by atoms with van der Waals surface area (Å²) in [6.07, 6.45) is 0. The summed E-state index contributed by atoms with van der Waals surface area (Å²) in [7, 11) is 0. The van der Waals surface area contributed by atoms with Gasteiger partial charge in [0.05, 0.1) is 5.69 Å². The van der Waals surface area contributed by atoms with E-state index in [1.807, 2.05) is 19.9 Å². The fraction of sp³-hybridized carbons (Fsp3) is 0.429. The quantitative estimate of drug-likeness (QED) is 0.838. The van der Waals surface area contributed by atoms with Gasteiger partial charge in [-0.1, -0.05) is 0 Å². The van der Waals surface area contributed by atoms with Gasteiger partial charge in [0.25, 0.3) is 0 Å². The zero-order chi connectivity index (χ0) is 13.3. The minimum Gasteiger partial charge on any atom is -0.309 e. The Bertz CT molecular complexity index is 520. The van der Waals surface area contributed by atoms with E-state index >= 15 is 0 Å². The van der Waals surface area contributed by atoms with E-state index in [0.29, 0.717) is 0 Å². The van der Waals surface area contributed by atoms with Crippen LogP contribution >= 0.6 is 11.3 Å². The summed E-state index contributed by atoms with van der Waals surface area (Å²) in [6.45, 7) is 11.3. The summed E-state index contributed by atoms with van der Waals surface area (Å²) in [6, 6.07) is 2.00. The molecule has 18 heavy (non-hydrogen) atoms. The van der Waals surface area contributed by atoms with Crippen LogP contribution in [-0.4, -0.2) is 16.5 Å². The van der Waals surface area contributed by atoms with Crippen LogP contribution in [0.1, 0.15) is 28.8 Å². The molecule has 0 radical (unpaired) electrons. The van der Waals surface area contributed by atoms with E-state index in [9.17, 15) is 0 Å². The summed E-state index contributed by atoms with van der Waals surface area (Å²) in [5.74, 6) is 0.805. The summed E-state index contributed by atoms with van der Waals surface area (Å²) < 4.78 is 0. The lowest BCUT2D eigenvalue weighted by molar-refractivity contribution is 0.916. The smallest absolute Gasteiger partial charge is 0.230 e. The van der Waals surface area contributed by atoms with Crippen molar-refractivity contribution in [2.45, 2.75) is 34.6 Å². The lowest BCUT2D eigenvalue weighted by Gasteiger charge is -2.22. The largest absolute Gasteiger partial charge is 0.309 e. The van der Waals surface area contributed by atoms with E-state index in [1.54, 1.807) is 11.3 Å². The third-order valence-electron chi connectivity index (χ3n) is 2.92. The number of hydrogen-bond acceptors (Lipinski definition) is 4. The van der Waals surface area contributed by atoms with E-state index in [2.05, 4.69) is 41.0 Å². The van der Waals surface area contributed by atoms with Gasteiger partial charge in [-0.05, 0) is 51.6 Å². The normalized spacial score (nSPS) is 10.7. The highest BCUT2D eigenvalue weighted by Gasteiger charge is 2.16. The Morgan fingerprint density at radius 2 is 1.72 bits per heavy atom. The Labute approximate surface area is 113 Å². The highest BCUT2D eigenvalue weighted by atomic mass is 32.1. The van der Waals surface area contributed by atoms with Gasteiger partial charge in [-0.2, -0.15) is 0 Å². The van der Waals surface area contributed by atoms with Gasteiger partial charge in [0.1, 0.15) is 0 Å². The molecule has 0 amide bonds. The molecule has 2 rings (SSSR count). The Hall–Kier alpha value is -1.42. The molecule has 0 saturated heterocycles. The highest BCUT2D eigenvalue weighted by Crippen LogP contribution is 2.33. The first-order chi connectivity index (χ1) is 8.52. The van der Waals surface area contributed by atoms with Crippen LogP contribution in [0.5, 0.6) is 0 Å². The summed E-state index contributed by atoms with van der Waals surface area (Å²) in [5, 5.41) is 2.19. The second-order valence-corrected chi connectivity index (χ2v) is 5.60. The first-order valence-electron chi connectivity index (χ1n) is 6.17. The molecule has 0 unspecified atom stereocenters. The molecule has 0 aromatic carbocycles. The minimum absolute atomic E-state index is 0.805. The van der Waals surface area contributed by atoms with E-state index in [0.717, 1.165) is 23.9 Å². The molecule has 2 aromatic heterocycles. The molecule has 0 atom stereocenters. The van der Waals surface area contributed by atoms with Crippen LogP contribution in [0.3, 0.4) is 0 Å². The standard InChI is InChI=1S/C14H19N3S/c1-6-17(13-9(2)8-18-12(13)5)14-15-10(3)7-11(4)16-14/h7-8H,6H2,1-5H3. The van der Waals surface area contributed by atoms with Gasteiger partial charge in [-0.15, -0.1) is 11.3 Å². The van der Waals surface area contributed by atoms with E-state index < -0.39 is 0 Å². The van der Waals surface area contributed by atoms with E-state index in [-0.39, 0.29) is 0 Å². The number of hydrogen-bond donors (Lipinski definition) is 0. The predicted molar refractivity (Wildman–Crippen MR) is 78.0 cm³/mol. The average molecular weight is 261 g/mol. The molecule has 2 heterocycles. The highest BCUT2D eigenvalue weighted by molar-refractivity contribution is 7.10. The molecule has 0 spiro atoms. The molecule has 3 nitrogen and oxygen atoms in total. The first-order valence-corrected chi connectivity index (χ1v) is 7.05. The predicted octanol–water partition coefficient (Wildman–Crippen LogP) is 3.93. The van der Waals surface area contributed by atoms with Crippen LogP contribution in [-0.2, 0) is 0 Å². The van der Waals surface area contributed by atoms with Crippen molar-refractivity contribution >= 4 is 23.0 Å². The van der Waals surface area contributed by atoms with Gasteiger partial charge in [-0.25, -0.2) is 9.97 Å². The Morgan fingerprint density at radius 1 is 1.11 bits per heavy atom. The number of aryl methyl sites for hydroxylation is 4. The van der Waals surface area contributed by atoms with Gasteiger partial charge >= 0.3 is 0 Å². The van der Waals surface area contributed by atoms with Crippen LogP contribution in [0.15, 0.2) is 11.4 Å². The number of anilines is 2. The van der Waals surface area contributed by atoms with Crippen molar-refractivity contribution in [3.05, 3.63) is 33.3 Å². The number of nitrogens with zero attached hydrogens (tertiary/aromatic N) is 3. The fourth-order valence-corrected chi connectivity index (χ4v) is 3.04. The Kier molecular flexibility index (Phi) is 3.66. The average Bonchev–Trinajstić information content (AvgIpc) is 2.61. The fourth-order valence-electron chi connectivity index (χ4n) is 2.20. The minimum atomic E-state index is 0.805. The van der Waals surface area contributed by atoms with Crippen molar-refractivity contribution < 1.29 is 0 Å². The SMILES string of the molecule is CCN(c1nc(C)cc(C)n1)c1c(C)csc1C. The van der Waals surface area contributed by atoms with Gasteiger partial charge in [0.15, 0.2) is 0 Å². The molecule has 0 fully saturated rings. The summed E-state index contributed by atoms with van der Waals surface area (Å²) >= 11 is 1.78. The van der Waals surface area contributed by atoms with Gasteiger partial charge in [0, 0.05) is 22.8 Å². The van der Waals surface area contributed by atoms with E-state index in [1.165, 1.54) is 16.1 Å². The second-order valence-electron chi connectivity index (χ2n) is 4.52. The maximum atomic E-state index is 4.56. The van der Waals surface area contributed by atoms with E-state index in [4.69, 9.17) is 0 Å². The maximum absolute atomic E-state index is 4.56. The zero-order valence-electron chi connectivity index (χ0n) is 11.6. The lowest BCUT2D eigenvalue weighted by Crippen LogP contribution is -2.20. The molecular weight excluding hydrogens is 242 g/mol. The number of aromatic nitrogens is 2. The molecule has 0 aliphatic heterocycles. The topological polar surface area (TPSA) is 29.0 Å². The van der Waals surface area contributed by atoms with Crippen molar-refractivity contribution in [3.63, 3.8) is 0 Å². The molecule has 2 aromatic rings. The third kappa shape index (κ3) is 2.38. The number of thiophene rings is 1. The third-order valence-corrected chi connectivity index (χ3v) is 3.94. The van der Waals surface area contributed by atoms with Crippen LogP contribution in [0, 0.1) is 27.7 Å². The summed E-state index contributed by atoms with van der Waals surface area (Å²) in [4.78, 5) is 12.6. The molecule has 0 saturated carbocycles. The van der Waals surface area contributed by atoms with Gasteiger partial charge in [-0.3, -0.25) is 0 Å². The van der Waals surface area contributed by atoms with Gasteiger partial charge in [0.2, 0.25) is 5.95 Å². The van der Waals surface area contributed by atoms with Crippen LogP contribution in [0.4, 0.5) is 11.6 Å². The zero-order valence-corrected chi connectivity index (χ0v) is 12.4. The molecule has 4 heteroatoms. The molecule has 0 N–H and O–H groups in total. The Morgan fingerprint density at radius 3 is 2.17 bits per heavy atom. The van der Waals surface area contributed by atoms with Gasteiger partial charge < -0.3 is 4.90 Å².